The number of hydrogen-bond acceptors (Lipinski definition) is 3. The number of carboxylic acid groups (broad SMARTS) is 1. The summed E-state index contributed by atoms with van der Waals surface area (Å²) < 4.78 is 0. The first kappa shape index (κ1) is 17.4. The van der Waals surface area contributed by atoms with Crippen molar-refractivity contribution in [3.63, 3.8) is 0 Å². The van der Waals surface area contributed by atoms with E-state index in [2.05, 4.69) is 37.9 Å². The molecule has 0 saturated carbocycles. The smallest absolute Gasteiger partial charge is 0.303 e. The standard InChI is InChI=1S/C16H32N2O2/c1-12(2)5-6-17-15-7-14(8-16(19)20)10-18(11-15)9-13(3)4/h12-15,17H,5-11H2,1-4H3,(H,19,20). The van der Waals surface area contributed by atoms with E-state index in [4.69, 9.17) is 5.11 Å². The van der Waals surface area contributed by atoms with Gasteiger partial charge in [-0.05, 0) is 37.1 Å². The summed E-state index contributed by atoms with van der Waals surface area (Å²) in [6, 6.07) is 0.450. The van der Waals surface area contributed by atoms with E-state index < -0.39 is 5.97 Å². The van der Waals surface area contributed by atoms with Crippen molar-refractivity contribution in [3.8, 4) is 0 Å². The highest BCUT2D eigenvalue weighted by Gasteiger charge is 2.28. The molecule has 0 bridgehead atoms. The maximum absolute atomic E-state index is 11.0. The zero-order chi connectivity index (χ0) is 15.1. The second-order valence-corrected chi connectivity index (χ2v) is 7.15. The lowest BCUT2D eigenvalue weighted by Gasteiger charge is -2.38. The molecule has 1 fully saturated rings. The molecule has 0 spiro atoms. The lowest BCUT2D eigenvalue weighted by molar-refractivity contribution is -0.138. The maximum Gasteiger partial charge on any atom is 0.303 e. The summed E-state index contributed by atoms with van der Waals surface area (Å²) in [5.41, 5.74) is 0. The molecule has 2 unspecified atom stereocenters. The van der Waals surface area contributed by atoms with Gasteiger partial charge in [0.15, 0.2) is 0 Å². The fourth-order valence-electron chi connectivity index (χ4n) is 3.09. The van der Waals surface area contributed by atoms with E-state index in [0.29, 0.717) is 24.3 Å². The van der Waals surface area contributed by atoms with Crippen LogP contribution in [0.2, 0.25) is 0 Å². The van der Waals surface area contributed by atoms with Gasteiger partial charge in [0.25, 0.3) is 0 Å². The molecule has 0 aromatic rings. The Morgan fingerprint density at radius 2 is 1.95 bits per heavy atom. The summed E-state index contributed by atoms with van der Waals surface area (Å²) >= 11 is 0. The van der Waals surface area contributed by atoms with E-state index in [0.717, 1.165) is 32.6 Å². The van der Waals surface area contributed by atoms with E-state index in [1.807, 2.05) is 0 Å². The summed E-state index contributed by atoms with van der Waals surface area (Å²) in [6.45, 7) is 13.0. The quantitative estimate of drug-likeness (QED) is 0.719. The molecule has 1 heterocycles. The number of rotatable bonds is 8. The molecular formula is C16H32N2O2. The monoisotopic (exact) mass is 284 g/mol. The number of piperidine rings is 1. The van der Waals surface area contributed by atoms with Crippen LogP contribution in [-0.4, -0.2) is 48.2 Å². The highest BCUT2D eigenvalue weighted by atomic mass is 16.4. The second kappa shape index (κ2) is 8.63. The minimum atomic E-state index is -0.665. The van der Waals surface area contributed by atoms with Crippen LogP contribution >= 0.6 is 0 Å². The zero-order valence-corrected chi connectivity index (χ0v) is 13.6. The number of carboxylic acids is 1. The van der Waals surface area contributed by atoms with Crippen molar-refractivity contribution < 1.29 is 9.90 Å². The molecule has 1 saturated heterocycles. The lowest BCUT2D eigenvalue weighted by Crippen LogP contribution is -2.50. The molecule has 2 N–H and O–H groups in total. The van der Waals surface area contributed by atoms with E-state index in [-0.39, 0.29) is 5.92 Å². The van der Waals surface area contributed by atoms with Crippen LogP contribution in [0.1, 0.15) is 47.0 Å². The Hall–Kier alpha value is -0.610. The molecule has 0 aromatic carbocycles. The largest absolute Gasteiger partial charge is 0.481 e. The minimum absolute atomic E-state index is 0.288. The number of nitrogens with zero attached hydrogens (tertiary/aromatic N) is 1. The summed E-state index contributed by atoms with van der Waals surface area (Å²) in [5.74, 6) is 0.974. The van der Waals surface area contributed by atoms with Crippen LogP contribution in [0.15, 0.2) is 0 Å². The van der Waals surface area contributed by atoms with Crippen LogP contribution in [0.25, 0.3) is 0 Å². The fraction of sp³-hybridized carbons (Fsp3) is 0.938. The van der Waals surface area contributed by atoms with Crippen LogP contribution in [0.3, 0.4) is 0 Å². The van der Waals surface area contributed by atoms with Crippen LogP contribution in [0.4, 0.5) is 0 Å². The number of carbonyl (C=O) groups is 1. The van der Waals surface area contributed by atoms with Gasteiger partial charge in [-0.3, -0.25) is 4.79 Å². The van der Waals surface area contributed by atoms with Gasteiger partial charge in [0.2, 0.25) is 0 Å². The van der Waals surface area contributed by atoms with Gasteiger partial charge in [-0.25, -0.2) is 0 Å². The molecule has 1 aliphatic heterocycles. The van der Waals surface area contributed by atoms with E-state index >= 15 is 0 Å². The third-order valence-corrected chi connectivity index (χ3v) is 3.85. The Morgan fingerprint density at radius 3 is 2.50 bits per heavy atom. The topological polar surface area (TPSA) is 52.6 Å². The summed E-state index contributed by atoms with van der Waals surface area (Å²) in [5, 5.41) is 12.7. The lowest BCUT2D eigenvalue weighted by atomic mass is 9.90. The Labute approximate surface area is 123 Å². The van der Waals surface area contributed by atoms with E-state index in [1.54, 1.807) is 0 Å². The zero-order valence-electron chi connectivity index (χ0n) is 13.6. The summed E-state index contributed by atoms with van der Waals surface area (Å²) in [6.07, 6.45) is 2.49. The molecule has 1 rings (SSSR count). The molecule has 2 atom stereocenters. The van der Waals surface area contributed by atoms with Crippen molar-refractivity contribution in [3.05, 3.63) is 0 Å². The van der Waals surface area contributed by atoms with Gasteiger partial charge in [0, 0.05) is 32.1 Å². The van der Waals surface area contributed by atoms with Crippen LogP contribution in [0.5, 0.6) is 0 Å². The second-order valence-electron chi connectivity index (χ2n) is 7.15. The van der Waals surface area contributed by atoms with Crippen molar-refractivity contribution in [2.45, 2.75) is 53.0 Å². The first-order chi connectivity index (χ1) is 9.36. The van der Waals surface area contributed by atoms with Crippen molar-refractivity contribution in [1.82, 2.24) is 10.2 Å². The highest BCUT2D eigenvalue weighted by molar-refractivity contribution is 5.67. The van der Waals surface area contributed by atoms with Gasteiger partial charge in [-0.1, -0.05) is 27.7 Å². The van der Waals surface area contributed by atoms with Crippen molar-refractivity contribution in [2.24, 2.45) is 17.8 Å². The Balaban J connectivity index is 2.48. The normalized spacial score (nSPS) is 24.5. The maximum atomic E-state index is 11.0. The Bertz CT molecular complexity index is 292. The predicted octanol–water partition coefficient (Wildman–Crippen LogP) is 2.44. The highest BCUT2D eigenvalue weighted by Crippen LogP contribution is 2.21. The van der Waals surface area contributed by atoms with E-state index in [1.165, 1.54) is 6.42 Å². The molecule has 4 nitrogen and oxygen atoms in total. The van der Waals surface area contributed by atoms with E-state index in [9.17, 15) is 4.79 Å². The van der Waals surface area contributed by atoms with Crippen LogP contribution in [-0.2, 0) is 4.79 Å². The minimum Gasteiger partial charge on any atom is -0.481 e. The number of aliphatic carboxylic acids is 1. The first-order valence-electron chi connectivity index (χ1n) is 8.04. The van der Waals surface area contributed by atoms with Gasteiger partial charge < -0.3 is 15.3 Å². The van der Waals surface area contributed by atoms with Crippen molar-refractivity contribution in [2.75, 3.05) is 26.2 Å². The van der Waals surface area contributed by atoms with Gasteiger partial charge >= 0.3 is 5.97 Å². The van der Waals surface area contributed by atoms with Gasteiger partial charge in [-0.15, -0.1) is 0 Å². The number of hydrogen-bond donors (Lipinski definition) is 2. The molecule has 118 valence electrons. The molecule has 0 aromatic heterocycles. The van der Waals surface area contributed by atoms with Crippen molar-refractivity contribution in [1.29, 1.82) is 0 Å². The number of likely N-dealkylation sites (tertiary alicyclic amines) is 1. The van der Waals surface area contributed by atoms with Crippen LogP contribution < -0.4 is 5.32 Å². The van der Waals surface area contributed by atoms with Crippen molar-refractivity contribution >= 4 is 5.97 Å². The summed E-state index contributed by atoms with van der Waals surface area (Å²) in [4.78, 5) is 13.4. The van der Waals surface area contributed by atoms with Crippen LogP contribution in [0, 0.1) is 17.8 Å². The molecule has 0 aliphatic carbocycles. The van der Waals surface area contributed by atoms with Gasteiger partial charge in [-0.2, -0.15) is 0 Å². The molecule has 1 aliphatic rings. The Morgan fingerprint density at radius 1 is 1.25 bits per heavy atom. The third-order valence-electron chi connectivity index (χ3n) is 3.85. The third kappa shape index (κ3) is 7.25. The fourth-order valence-corrected chi connectivity index (χ4v) is 3.09. The first-order valence-corrected chi connectivity index (χ1v) is 8.04. The number of nitrogens with one attached hydrogen (secondary N) is 1. The predicted molar refractivity (Wildman–Crippen MR) is 82.9 cm³/mol. The Kier molecular flexibility index (Phi) is 7.52. The molecule has 0 amide bonds. The SMILES string of the molecule is CC(C)CCNC1CC(CC(=O)O)CN(CC(C)C)C1. The molecule has 20 heavy (non-hydrogen) atoms. The average molecular weight is 284 g/mol. The molecular weight excluding hydrogens is 252 g/mol. The molecule has 0 radical (unpaired) electrons. The summed E-state index contributed by atoms with van der Waals surface area (Å²) in [7, 11) is 0. The van der Waals surface area contributed by atoms with Gasteiger partial charge in [0.05, 0.1) is 0 Å². The van der Waals surface area contributed by atoms with Gasteiger partial charge in [0.1, 0.15) is 0 Å². The molecule has 4 heteroatoms. The average Bonchev–Trinajstić information content (AvgIpc) is 2.25.